The van der Waals surface area contributed by atoms with Crippen LogP contribution in [0.3, 0.4) is 0 Å². The molecule has 4 heteroatoms. The summed E-state index contributed by atoms with van der Waals surface area (Å²) in [5.74, 6) is 0.585. The van der Waals surface area contributed by atoms with Crippen LogP contribution < -0.4 is 4.74 Å². The molecule has 0 heterocycles. The first-order chi connectivity index (χ1) is 9.15. The third kappa shape index (κ3) is 5.86. The Morgan fingerprint density at radius 3 is 2.58 bits per heavy atom. The van der Waals surface area contributed by atoms with Gasteiger partial charge in [-0.05, 0) is 30.7 Å². The first-order valence-corrected chi connectivity index (χ1v) is 6.06. The molecule has 0 N–H and O–H groups in total. The Kier molecular flexibility index (Phi) is 6.36. The van der Waals surface area contributed by atoms with Crippen molar-refractivity contribution in [2.75, 3.05) is 14.2 Å². The van der Waals surface area contributed by atoms with Gasteiger partial charge < -0.3 is 9.47 Å². The molecule has 1 aromatic carbocycles. The fraction of sp³-hybridized carbons (Fsp3) is 0.333. The van der Waals surface area contributed by atoms with E-state index in [1.54, 1.807) is 13.3 Å². The van der Waals surface area contributed by atoms with Crippen molar-refractivity contribution in [1.82, 2.24) is 0 Å². The van der Waals surface area contributed by atoms with Crippen LogP contribution in [0.2, 0.25) is 0 Å². The van der Waals surface area contributed by atoms with Crippen molar-refractivity contribution in [2.24, 2.45) is 4.99 Å². The number of methoxy groups -OCH3 is 2. The molecule has 1 unspecified atom stereocenters. The molecular weight excluding hydrogens is 242 g/mol. The van der Waals surface area contributed by atoms with Gasteiger partial charge in [0.1, 0.15) is 5.75 Å². The number of carbonyl (C=O) groups is 1. The second kappa shape index (κ2) is 8.08. The number of carbonyl (C=O) groups excluding carboxylic acids is 1. The minimum absolute atomic E-state index is 0.0760. The second-order valence-electron chi connectivity index (χ2n) is 4.06. The van der Waals surface area contributed by atoms with Gasteiger partial charge in [0.05, 0.1) is 26.7 Å². The van der Waals surface area contributed by atoms with Gasteiger partial charge in [0.25, 0.3) is 0 Å². The summed E-state index contributed by atoms with van der Waals surface area (Å²) in [6, 6.07) is 7.64. The molecule has 0 aliphatic rings. The summed E-state index contributed by atoms with van der Waals surface area (Å²) in [5.41, 5.74) is 1.06. The fourth-order valence-corrected chi connectivity index (χ4v) is 1.44. The average molecular weight is 261 g/mol. The molecule has 1 aromatic rings. The lowest BCUT2D eigenvalue weighted by molar-refractivity contribution is -0.140. The van der Waals surface area contributed by atoms with Gasteiger partial charge in [-0.25, -0.2) is 0 Å². The van der Waals surface area contributed by atoms with Crippen LogP contribution >= 0.6 is 0 Å². The lowest BCUT2D eigenvalue weighted by Crippen LogP contribution is -2.09. The van der Waals surface area contributed by atoms with Gasteiger partial charge in [-0.1, -0.05) is 18.2 Å². The molecule has 0 fully saturated rings. The second-order valence-corrected chi connectivity index (χ2v) is 4.06. The quantitative estimate of drug-likeness (QED) is 0.584. The minimum atomic E-state index is -0.246. The van der Waals surface area contributed by atoms with E-state index in [0.29, 0.717) is 6.42 Å². The topological polar surface area (TPSA) is 47.9 Å². The zero-order valence-corrected chi connectivity index (χ0v) is 11.5. The first kappa shape index (κ1) is 15.0. The molecular formula is C15H19NO3. The molecule has 0 aliphatic heterocycles. The van der Waals surface area contributed by atoms with Crippen molar-refractivity contribution in [2.45, 2.75) is 19.4 Å². The van der Waals surface area contributed by atoms with Gasteiger partial charge >= 0.3 is 5.97 Å². The average Bonchev–Trinajstić information content (AvgIpc) is 2.44. The van der Waals surface area contributed by atoms with E-state index in [4.69, 9.17) is 4.74 Å². The summed E-state index contributed by atoms with van der Waals surface area (Å²) >= 11 is 0. The van der Waals surface area contributed by atoms with Gasteiger partial charge in [-0.15, -0.1) is 0 Å². The molecule has 4 nitrogen and oxygen atoms in total. The highest BCUT2D eigenvalue weighted by Gasteiger charge is 2.05. The SMILES string of the molecule is COC(=O)CC(C)N=C/C=C/c1ccc(OC)cc1. The van der Waals surface area contributed by atoms with Crippen LogP contribution in [0.4, 0.5) is 0 Å². The lowest BCUT2D eigenvalue weighted by Gasteiger charge is -2.02. The third-order valence-electron chi connectivity index (χ3n) is 2.52. The Morgan fingerprint density at radius 1 is 1.32 bits per heavy atom. The smallest absolute Gasteiger partial charge is 0.307 e. The summed E-state index contributed by atoms with van der Waals surface area (Å²) in [6.45, 7) is 1.87. The third-order valence-corrected chi connectivity index (χ3v) is 2.52. The largest absolute Gasteiger partial charge is 0.497 e. The molecule has 0 amide bonds. The maximum absolute atomic E-state index is 11.0. The van der Waals surface area contributed by atoms with Gasteiger partial charge in [-0.2, -0.15) is 0 Å². The van der Waals surface area contributed by atoms with Crippen LogP contribution in [-0.2, 0) is 9.53 Å². The Bertz CT molecular complexity index is 449. The number of esters is 1. The number of rotatable bonds is 6. The Labute approximate surface area is 113 Å². The number of benzene rings is 1. The van der Waals surface area contributed by atoms with Crippen LogP contribution in [0.25, 0.3) is 6.08 Å². The van der Waals surface area contributed by atoms with E-state index in [-0.39, 0.29) is 12.0 Å². The van der Waals surface area contributed by atoms with Gasteiger partial charge in [0, 0.05) is 6.21 Å². The van der Waals surface area contributed by atoms with Crippen LogP contribution in [-0.4, -0.2) is 32.4 Å². The fourth-order valence-electron chi connectivity index (χ4n) is 1.44. The van der Waals surface area contributed by atoms with Gasteiger partial charge in [-0.3, -0.25) is 9.79 Å². The van der Waals surface area contributed by atoms with Crippen molar-refractivity contribution in [3.63, 3.8) is 0 Å². The molecule has 19 heavy (non-hydrogen) atoms. The van der Waals surface area contributed by atoms with Crippen LogP contribution in [0, 0.1) is 0 Å². The molecule has 0 saturated heterocycles. The van der Waals surface area contributed by atoms with E-state index in [9.17, 15) is 4.79 Å². The number of ether oxygens (including phenoxy) is 2. The van der Waals surface area contributed by atoms with Crippen LogP contribution in [0.15, 0.2) is 35.3 Å². The van der Waals surface area contributed by atoms with Gasteiger partial charge in [0.2, 0.25) is 0 Å². The summed E-state index contributed by atoms with van der Waals surface area (Å²) in [7, 11) is 3.02. The molecule has 0 saturated carbocycles. The Morgan fingerprint density at radius 2 is 2.00 bits per heavy atom. The van der Waals surface area contributed by atoms with Crippen molar-refractivity contribution in [1.29, 1.82) is 0 Å². The number of allylic oxidation sites excluding steroid dienone is 1. The molecule has 0 spiro atoms. The molecule has 102 valence electrons. The number of hydrogen-bond acceptors (Lipinski definition) is 4. The predicted octanol–water partition coefficient (Wildman–Crippen LogP) is 2.73. The Balaban J connectivity index is 2.45. The van der Waals surface area contributed by atoms with Crippen molar-refractivity contribution < 1.29 is 14.3 Å². The van der Waals surface area contributed by atoms with E-state index in [1.807, 2.05) is 43.3 Å². The summed E-state index contributed by atoms with van der Waals surface area (Å²) in [5, 5.41) is 0. The number of hydrogen-bond donors (Lipinski definition) is 0. The zero-order chi connectivity index (χ0) is 14.1. The van der Waals surface area contributed by atoms with Crippen LogP contribution in [0.5, 0.6) is 5.75 Å². The van der Waals surface area contributed by atoms with Crippen molar-refractivity contribution in [3.8, 4) is 5.75 Å². The predicted molar refractivity (Wildman–Crippen MR) is 76.6 cm³/mol. The van der Waals surface area contributed by atoms with E-state index < -0.39 is 0 Å². The van der Waals surface area contributed by atoms with Gasteiger partial charge in [0.15, 0.2) is 0 Å². The molecule has 0 aliphatic carbocycles. The van der Waals surface area contributed by atoms with E-state index in [1.165, 1.54) is 7.11 Å². The highest BCUT2D eigenvalue weighted by Crippen LogP contribution is 2.11. The minimum Gasteiger partial charge on any atom is -0.497 e. The summed E-state index contributed by atoms with van der Waals surface area (Å²) < 4.78 is 9.66. The number of aliphatic imine (C=N–C) groups is 1. The molecule has 0 bridgehead atoms. The highest BCUT2D eigenvalue weighted by molar-refractivity contribution is 5.79. The van der Waals surface area contributed by atoms with E-state index >= 15 is 0 Å². The summed E-state index contributed by atoms with van der Waals surface area (Å²) in [6.07, 6.45) is 5.77. The van der Waals surface area contributed by atoms with Crippen LogP contribution in [0.1, 0.15) is 18.9 Å². The Hall–Kier alpha value is -2.10. The molecule has 0 aromatic heterocycles. The van der Waals surface area contributed by atoms with Crippen molar-refractivity contribution >= 4 is 18.3 Å². The molecule has 1 atom stereocenters. The zero-order valence-electron chi connectivity index (χ0n) is 11.5. The standard InChI is InChI=1S/C15H19NO3/c1-12(11-15(17)19-3)16-10-4-5-13-6-8-14(18-2)9-7-13/h4-10,12H,11H2,1-3H3/b5-4+,16-10?. The molecule has 1 rings (SSSR count). The maximum Gasteiger partial charge on any atom is 0.307 e. The summed E-state index contributed by atoms with van der Waals surface area (Å²) in [4.78, 5) is 15.2. The lowest BCUT2D eigenvalue weighted by atomic mass is 10.2. The normalized spacial score (nSPS) is 12.8. The molecule has 0 radical (unpaired) electrons. The van der Waals surface area contributed by atoms with E-state index in [2.05, 4.69) is 9.73 Å². The van der Waals surface area contributed by atoms with E-state index in [0.717, 1.165) is 11.3 Å². The monoisotopic (exact) mass is 261 g/mol. The number of nitrogens with zero attached hydrogens (tertiary/aromatic N) is 1. The first-order valence-electron chi connectivity index (χ1n) is 6.06. The highest BCUT2D eigenvalue weighted by atomic mass is 16.5. The van der Waals surface area contributed by atoms with Crippen molar-refractivity contribution in [3.05, 3.63) is 35.9 Å². The maximum atomic E-state index is 11.0.